The van der Waals surface area contributed by atoms with Crippen molar-refractivity contribution in [2.24, 2.45) is 0 Å². The number of fused-ring (bicyclic) bond motifs is 1. The number of ether oxygens (including phenoxy) is 2. The predicted octanol–water partition coefficient (Wildman–Crippen LogP) is 5.17. The number of amides is 1. The number of aromatic nitrogens is 1. The molecular weight excluding hydrogens is 400 g/mol. The molecule has 1 heterocycles. The molecule has 0 bridgehead atoms. The molecule has 0 saturated heterocycles. The van der Waals surface area contributed by atoms with Crippen LogP contribution in [-0.2, 0) is 4.74 Å². The van der Waals surface area contributed by atoms with E-state index in [4.69, 9.17) is 21.1 Å². The summed E-state index contributed by atoms with van der Waals surface area (Å²) in [6.07, 6.45) is 1.79. The maximum atomic E-state index is 12.6. The maximum absolute atomic E-state index is 12.6. The second-order valence-corrected chi connectivity index (χ2v) is 7.46. The van der Waals surface area contributed by atoms with Gasteiger partial charge in [0.15, 0.2) is 5.13 Å². The van der Waals surface area contributed by atoms with E-state index in [-0.39, 0.29) is 11.9 Å². The third-order valence-corrected chi connectivity index (χ3v) is 5.15. The molecule has 8 heteroatoms. The fourth-order valence-corrected chi connectivity index (χ4v) is 3.59. The normalized spacial score (nSPS) is 10.7. The van der Waals surface area contributed by atoms with E-state index in [0.29, 0.717) is 39.2 Å². The molecule has 3 rings (SSSR count). The van der Waals surface area contributed by atoms with E-state index in [0.717, 1.165) is 17.5 Å². The summed E-state index contributed by atoms with van der Waals surface area (Å²) < 4.78 is 11.2. The third kappa shape index (κ3) is 4.61. The van der Waals surface area contributed by atoms with Gasteiger partial charge in [-0.25, -0.2) is 9.78 Å². The molecule has 3 aromatic rings. The summed E-state index contributed by atoms with van der Waals surface area (Å²) in [6, 6.07) is 9.94. The average molecular weight is 419 g/mol. The van der Waals surface area contributed by atoms with Crippen LogP contribution >= 0.6 is 22.9 Å². The van der Waals surface area contributed by atoms with Crippen molar-refractivity contribution in [1.29, 1.82) is 0 Å². The smallest absolute Gasteiger partial charge is 0.338 e. The van der Waals surface area contributed by atoms with E-state index < -0.39 is 0 Å². The van der Waals surface area contributed by atoms with Crippen molar-refractivity contribution in [3.8, 4) is 5.75 Å². The number of methoxy groups -OCH3 is 1. The Hall–Kier alpha value is -2.64. The highest BCUT2D eigenvalue weighted by atomic mass is 35.5. The van der Waals surface area contributed by atoms with Gasteiger partial charge in [0.25, 0.3) is 5.91 Å². The van der Waals surface area contributed by atoms with Crippen LogP contribution in [0.1, 0.15) is 40.5 Å². The molecule has 1 amide bonds. The first-order valence-electron chi connectivity index (χ1n) is 8.74. The van der Waals surface area contributed by atoms with Crippen molar-refractivity contribution in [1.82, 2.24) is 4.98 Å². The van der Waals surface area contributed by atoms with E-state index in [1.807, 2.05) is 6.92 Å². The summed E-state index contributed by atoms with van der Waals surface area (Å²) in [5.74, 6) is -0.323. The maximum Gasteiger partial charge on any atom is 0.338 e. The number of hydrogen-bond donors (Lipinski definition) is 1. The summed E-state index contributed by atoms with van der Waals surface area (Å²) in [5.41, 5.74) is 1.46. The molecular formula is C20H19ClN2O4S. The van der Waals surface area contributed by atoms with Crippen molar-refractivity contribution in [3.05, 3.63) is 52.5 Å². The Balaban J connectivity index is 1.78. The van der Waals surface area contributed by atoms with Gasteiger partial charge in [-0.2, -0.15) is 0 Å². The van der Waals surface area contributed by atoms with Gasteiger partial charge in [0.05, 0.1) is 35.1 Å². The van der Waals surface area contributed by atoms with Crippen LogP contribution in [0.2, 0.25) is 5.02 Å². The highest BCUT2D eigenvalue weighted by Crippen LogP contribution is 2.29. The minimum absolute atomic E-state index is 0.314. The molecule has 0 radical (unpaired) electrons. The second-order valence-electron chi connectivity index (χ2n) is 5.99. The monoisotopic (exact) mass is 418 g/mol. The molecule has 1 N–H and O–H groups in total. The van der Waals surface area contributed by atoms with Gasteiger partial charge < -0.3 is 9.47 Å². The van der Waals surface area contributed by atoms with E-state index >= 15 is 0 Å². The number of halogens is 1. The predicted molar refractivity (Wildman–Crippen MR) is 111 cm³/mol. The highest BCUT2D eigenvalue weighted by Gasteiger charge is 2.16. The molecule has 0 saturated carbocycles. The lowest BCUT2D eigenvalue weighted by molar-refractivity contribution is 0.0500. The Morgan fingerprint density at radius 3 is 2.79 bits per heavy atom. The number of carbonyl (C=O) groups is 2. The van der Waals surface area contributed by atoms with E-state index in [9.17, 15) is 9.59 Å². The Labute approximate surface area is 171 Å². The number of thiazole rings is 1. The van der Waals surface area contributed by atoms with Crippen molar-refractivity contribution < 1.29 is 19.1 Å². The molecule has 0 aliphatic heterocycles. The fraction of sp³-hybridized carbons (Fsp3) is 0.250. The summed E-state index contributed by atoms with van der Waals surface area (Å²) in [7, 11) is 1.48. The van der Waals surface area contributed by atoms with Gasteiger partial charge in [-0.05, 0) is 42.8 Å². The van der Waals surface area contributed by atoms with E-state index in [2.05, 4.69) is 10.3 Å². The molecule has 0 spiro atoms. The lowest BCUT2D eigenvalue weighted by Crippen LogP contribution is -2.13. The number of rotatable bonds is 7. The van der Waals surface area contributed by atoms with Crippen LogP contribution in [0.4, 0.5) is 5.13 Å². The fourth-order valence-electron chi connectivity index (χ4n) is 2.52. The highest BCUT2D eigenvalue weighted by molar-refractivity contribution is 7.22. The summed E-state index contributed by atoms with van der Waals surface area (Å²) in [6.45, 7) is 2.44. The molecule has 0 aliphatic rings. The van der Waals surface area contributed by atoms with Gasteiger partial charge in [0.1, 0.15) is 5.75 Å². The minimum atomic E-state index is -0.377. The van der Waals surface area contributed by atoms with Gasteiger partial charge in [-0.1, -0.05) is 36.3 Å². The second kappa shape index (κ2) is 9.03. The van der Waals surface area contributed by atoms with Gasteiger partial charge >= 0.3 is 5.97 Å². The topological polar surface area (TPSA) is 77.5 Å². The van der Waals surface area contributed by atoms with Crippen molar-refractivity contribution in [3.63, 3.8) is 0 Å². The van der Waals surface area contributed by atoms with Crippen molar-refractivity contribution in [2.75, 3.05) is 19.0 Å². The van der Waals surface area contributed by atoms with Crippen LogP contribution in [0, 0.1) is 0 Å². The van der Waals surface area contributed by atoms with Crippen LogP contribution in [0.25, 0.3) is 10.2 Å². The number of carbonyl (C=O) groups excluding carboxylic acids is 2. The van der Waals surface area contributed by atoms with E-state index in [1.165, 1.54) is 24.5 Å². The first kappa shape index (κ1) is 20.1. The largest absolute Gasteiger partial charge is 0.496 e. The first-order valence-corrected chi connectivity index (χ1v) is 9.94. The number of unbranched alkanes of at least 4 members (excludes halogenated alkanes) is 1. The molecule has 0 atom stereocenters. The van der Waals surface area contributed by atoms with Gasteiger partial charge in [0.2, 0.25) is 0 Å². The zero-order valence-electron chi connectivity index (χ0n) is 15.5. The zero-order valence-corrected chi connectivity index (χ0v) is 17.0. The quantitative estimate of drug-likeness (QED) is 0.423. The van der Waals surface area contributed by atoms with Crippen molar-refractivity contribution >= 4 is 50.2 Å². The van der Waals surface area contributed by atoms with Crippen LogP contribution in [0.15, 0.2) is 36.4 Å². The number of nitrogens with one attached hydrogen (secondary N) is 1. The Kier molecular flexibility index (Phi) is 6.49. The lowest BCUT2D eigenvalue weighted by atomic mass is 10.2. The number of anilines is 1. The Morgan fingerprint density at radius 2 is 2.04 bits per heavy atom. The van der Waals surface area contributed by atoms with E-state index in [1.54, 1.807) is 30.3 Å². The molecule has 0 aliphatic carbocycles. The SMILES string of the molecule is CCCCOC(=O)c1ccc2nc(NC(=O)c3cc(Cl)ccc3OC)sc2c1. The van der Waals surface area contributed by atoms with Crippen LogP contribution < -0.4 is 10.1 Å². The Bertz CT molecular complexity index is 1020. The number of esters is 1. The standard InChI is InChI=1S/C20H19ClN2O4S/c1-3-4-9-27-19(25)12-5-7-15-17(10-12)28-20(22-15)23-18(24)14-11-13(21)6-8-16(14)26-2/h5-8,10-11H,3-4,9H2,1-2H3,(H,22,23,24). The Morgan fingerprint density at radius 1 is 1.21 bits per heavy atom. The molecule has 28 heavy (non-hydrogen) atoms. The summed E-state index contributed by atoms with van der Waals surface area (Å²) in [4.78, 5) is 29.1. The van der Waals surface area contributed by atoms with Crippen molar-refractivity contribution in [2.45, 2.75) is 19.8 Å². The molecule has 0 fully saturated rings. The minimum Gasteiger partial charge on any atom is -0.496 e. The van der Waals surface area contributed by atoms with Crippen LogP contribution in [0.3, 0.4) is 0 Å². The number of hydrogen-bond acceptors (Lipinski definition) is 6. The number of nitrogens with zero attached hydrogens (tertiary/aromatic N) is 1. The van der Waals surface area contributed by atoms with Crippen LogP contribution in [-0.4, -0.2) is 30.6 Å². The van der Waals surface area contributed by atoms with Gasteiger partial charge in [0, 0.05) is 5.02 Å². The lowest BCUT2D eigenvalue weighted by Gasteiger charge is -2.08. The summed E-state index contributed by atoms with van der Waals surface area (Å²) >= 11 is 7.26. The van der Waals surface area contributed by atoms with Gasteiger partial charge in [-0.15, -0.1) is 0 Å². The molecule has 6 nitrogen and oxygen atoms in total. The molecule has 146 valence electrons. The number of benzene rings is 2. The first-order chi connectivity index (χ1) is 13.5. The molecule has 1 aromatic heterocycles. The zero-order chi connectivity index (χ0) is 20.1. The van der Waals surface area contributed by atoms with Gasteiger partial charge in [-0.3, -0.25) is 10.1 Å². The molecule has 2 aromatic carbocycles. The molecule has 0 unspecified atom stereocenters. The summed E-state index contributed by atoms with van der Waals surface area (Å²) in [5, 5.41) is 3.60. The average Bonchev–Trinajstić information content (AvgIpc) is 3.09. The third-order valence-electron chi connectivity index (χ3n) is 3.98. The van der Waals surface area contributed by atoms with Crippen LogP contribution in [0.5, 0.6) is 5.75 Å².